The molecule has 4 nitrogen and oxygen atoms in total. The quantitative estimate of drug-likeness (QED) is 0.895. The number of halogens is 3. The van der Waals surface area contributed by atoms with Gasteiger partial charge < -0.3 is 10.1 Å². The summed E-state index contributed by atoms with van der Waals surface area (Å²) in [5.74, 6) is -0.0505. The number of nitrogens with zero attached hydrogens (tertiary/aromatic N) is 1. The van der Waals surface area contributed by atoms with Crippen LogP contribution in [0.4, 0.5) is 13.2 Å². The maximum absolute atomic E-state index is 13.2. The maximum atomic E-state index is 13.2. The zero-order chi connectivity index (χ0) is 18.6. The van der Waals surface area contributed by atoms with E-state index < -0.39 is 11.7 Å². The fraction of sp³-hybridized carbons (Fsp3) is 0.368. The molecule has 7 heteroatoms. The molecule has 0 saturated carbocycles. The minimum Gasteiger partial charge on any atom is -0.381 e. The van der Waals surface area contributed by atoms with E-state index in [1.54, 1.807) is 12.1 Å². The van der Waals surface area contributed by atoms with Gasteiger partial charge in [0.2, 0.25) is 0 Å². The molecule has 1 N–H and O–H groups in total. The van der Waals surface area contributed by atoms with E-state index in [-0.39, 0.29) is 23.1 Å². The van der Waals surface area contributed by atoms with Gasteiger partial charge in [0.25, 0.3) is 5.91 Å². The van der Waals surface area contributed by atoms with Gasteiger partial charge in [0.05, 0.1) is 17.9 Å². The Bertz CT molecular complexity index is 771. The van der Waals surface area contributed by atoms with Crippen molar-refractivity contribution in [3.8, 4) is 11.3 Å². The summed E-state index contributed by atoms with van der Waals surface area (Å²) < 4.78 is 44.9. The fourth-order valence-corrected chi connectivity index (χ4v) is 2.98. The largest absolute Gasteiger partial charge is 0.418 e. The summed E-state index contributed by atoms with van der Waals surface area (Å²) in [5, 5.41) is 2.83. The lowest BCUT2D eigenvalue weighted by molar-refractivity contribution is -0.137. The Labute approximate surface area is 149 Å². The number of benzene rings is 1. The summed E-state index contributed by atoms with van der Waals surface area (Å²) in [6.45, 7) is 1.85. The number of nitrogens with one attached hydrogen (secondary N) is 1. The van der Waals surface area contributed by atoms with Crippen molar-refractivity contribution in [2.75, 3.05) is 19.8 Å². The summed E-state index contributed by atoms with van der Waals surface area (Å²) in [6, 6.07) is 8.32. The molecule has 3 rings (SSSR count). The smallest absolute Gasteiger partial charge is 0.381 e. The molecule has 0 unspecified atom stereocenters. The highest BCUT2D eigenvalue weighted by molar-refractivity contribution is 5.95. The first-order valence-corrected chi connectivity index (χ1v) is 8.44. The van der Waals surface area contributed by atoms with Crippen LogP contribution < -0.4 is 5.32 Å². The number of carbonyl (C=O) groups is 1. The molecular formula is C19H19F3N2O2. The molecular weight excluding hydrogens is 345 g/mol. The lowest BCUT2D eigenvalue weighted by Gasteiger charge is -2.22. The van der Waals surface area contributed by atoms with Crippen LogP contribution >= 0.6 is 0 Å². The Morgan fingerprint density at radius 3 is 2.85 bits per heavy atom. The molecule has 0 bridgehead atoms. The number of hydrogen-bond acceptors (Lipinski definition) is 3. The summed E-state index contributed by atoms with van der Waals surface area (Å²) >= 11 is 0. The monoisotopic (exact) mass is 364 g/mol. The second-order valence-electron chi connectivity index (χ2n) is 6.27. The van der Waals surface area contributed by atoms with E-state index in [0.717, 1.165) is 25.5 Å². The van der Waals surface area contributed by atoms with Gasteiger partial charge in [-0.2, -0.15) is 13.2 Å². The van der Waals surface area contributed by atoms with Crippen molar-refractivity contribution < 1.29 is 22.7 Å². The highest BCUT2D eigenvalue weighted by Crippen LogP contribution is 2.35. The van der Waals surface area contributed by atoms with Crippen LogP contribution in [-0.4, -0.2) is 30.6 Å². The third-order valence-corrected chi connectivity index (χ3v) is 4.32. The van der Waals surface area contributed by atoms with Crippen LogP contribution in [0.25, 0.3) is 11.3 Å². The third-order valence-electron chi connectivity index (χ3n) is 4.32. The predicted octanol–water partition coefficient (Wildman–Crippen LogP) is 3.92. The molecule has 1 amide bonds. The molecule has 1 aliphatic rings. The minimum atomic E-state index is -4.51. The maximum Gasteiger partial charge on any atom is 0.418 e. The molecule has 1 aliphatic heterocycles. The van der Waals surface area contributed by atoms with Crippen molar-refractivity contribution in [3.05, 3.63) is 53.7 Å². The fourth-order valence-electron chi connectivity index (χ4n) is 2.98. The second kappa shape index (κ2) is 7.86. The van der Waals surface area contributed by atoms with Crippen molar-refractivity contribution in [1.29, 1.82) is 0 Å². The van der Waals surface area contributed by atoms with E-state index in [0.29, 0.717) is 18.7 Å². The van der Waals surface area contributed by atoms with E-state index in [1.807, 2.05) is 0 Å². The molecule has 0 aliphatic carbocycles. The Hall–Kier alpha value is -2.41. The standard InChI is InChI=1S/C19H19F3N2O2/c20-19(21,22)16-7-2-8-23-17(16)14-5-1-6-15(10-14)18(25)24-11-13-4-3-9-26-12-13/h1-2,5-8,10,13H,3-4,9,11-12H2,(H,24,25)/t13-/m1/s1. The highest BCUT2D eigenvalue weighted by Gasteiger charge is 2.34. The molecule has 2 aromatic rings. The van der Waals surface area contributed by atoms with Crippen LogP contribution in [0.2, 0.25) is 0 Å². The SMILES string of the molecule is O=C(NC[C@H]1CCCOC1)c1cccc(-c2ncccc2C(F)(F)F)c1. The second-order valence-corrected chi connectivity index (χ2v) is 6.27. The molecule has 2 heterocycles. The summed E-state index contributed by atoms with van der Waals surface area (Å²) in [6.07, 6.45) is -1.25. The average molecular weight is 364 g/mol. The number of hydrogen-bond donors (Lipinski definition) is 1. The number of alkyl halides is 3. The molecule has 1 aromatic heterocycles. The average Bonchev–Trinajstić information content (AvgIpc) is 2.66. The lowest BCUT2D eigenvalue weighted by atomic mass is 10.0. The van der Waals surface area contributed by atoms with Crippen LogP contribution in [0.1, 0.15) is 28.8 Å². The third kappa shape index (κ3) is 4.40. The Kier molecular flexibility index (Phi) is 5.56. The number of aromatic nitrogens is 1. The first kappa shape index (κ1) is 18.4. The van der Waals surface area contributed by atoms with Gasteiger partial charge in [-0.05, 0) is 43.0 Å². The van der Waals surface area contributed by atoms with Crippen molar-refractivity contribution in [3.63, 3.8) is 0 Å². The van der Waals surface area contributed by atoms with E-state index in [2.05, 4.69) is 10.3 Å². The summed E-state index contributed by atoms with van der Waals surface area (Å²) in [7, 11) is 0. The number of rotatable bonds is 4. The normalized spacial score (nSPS) is 17.7. The molecule has 0 spiro atoms. The van der Waals surface area contributed by atoms with Crippen molar-refractivity contribution in [1.82, 2.24) is 10.3 Å². The molecule has 138 valence electrons. The van der Waals surface area contributed by atoms with Crippen LogP contribution in [0.5, 0.6) is 0 Å². The zero-order valence-electron chi connectivity index (χ0n) is 14.1. The zero-order valence-corrected chi connectivity index (χ0v) is 14.1. The van der Waals surface area contributed by atoms with Crippen LogP contribution in [-0.2, 0) is 10.9 Å². The van der Waals surface area contributed by atoms with Gasteiger partial charge in [-0.3, -0.25) is 9.78 Å². The van der Waals surface area contributed by atoms with E-state index >= 15 is 0 Å². The van der Waals surface area contributed by atoms with Crippen molar-refractivity contribution >= 4 is 5.91 Å². The number of amides is 1. The first-order chi connectivity index (χ1) is 12.4. The van der Waals surface area contributed by atoms with Gasteiger partial charge in [-0.25, -0.2) is 0 Å². The number of carbonyl (C=O) groups excluding carboxylic acids is 1. The van der Waals surface area contributed by atoms with E-state index in [9.17, 15) is 18.0 Å². The van der Waals surface area contributed by atoms with E-state index in [1.165, 1.54) is 24.4 Å². The van der Waals surface area contributed by atoms with Crippen LogP contribution in [0.3, 0.4) is 0 Å². The van der Waals surface area contributed by atoms with E-state index in [4.69, 9.17) is 4.74 Å². The Balaban J connectivity index is 1.77. The topological polar surface area (TPSA) is 51.2 Å². The van der Waals surface area contributed by atoms with Crippen LogP contribution in [0.15, 0.2) is 42.6 Å². The molecule has 1 saturated heterocycles. The predicted molar refractivity (Wildman–Crippen MR) is 90.6 cm³/mol. The number of pyridine rings is 1. The van der Waals surface area contributed by atoms with Gasteiger partial charge in [-0.15, -0.1) is 0 Å². The van der Waals surface area contributed by atoms with Gasteiger partial charge >= 0.3 is 6.18 Å². The van der Waals surface area contributed by atoms with Gasteiger partial charge in [0, 0.05) is 30.5 Å². The molecule has 1 atom stereocenters. The van der Waals surface area contributed by atoms with Gasteiger partial charge in [0.1, 0.15) is 0 Å². The molecule has 1 fully saturated rings. The molecule has 1 aromatic carbocycles. The lowest BCUT2D eigenvalue weighted by Crippen LogP contribution is -2.33. The van der Waals surface area contributed by atoms with Gasteiger partial charge in [0.15, 0.2) is 0 Å². The van der Waals surface area contributed by atoms with Gasteiger partial charge in [-0.1, -0.05) is 12.1 Å². The Morgan fingerprint density at radius 1 is 1.27 bits per heavy atom. The molecule has 26 heavy (non-hydrogen) atoms. The molecule has 0 radical (unpaired) electrons. The number of ether oxygens (including phenoxy) is 1. The van der Waals surface area contributed by atoms with Crippen LogP contribution in [0, 0.1) is 5.92 Å². The first-order valence-electron chi connectivity index (χ1n) is 8.44. The summed E-state index contributed by atoms with van der Waals surface area (Å²) in [4.78, 5) is 16.2. The van der Waals surface area contributed by atoms with Crippen molar-refractivity contribution in [2.24, 2.45) is 5.92 Å². The summed E-state index contributed by atoms with van der Waals surface area (Å²) in [5.41, 5.74) is -0.447. The highest BCUT2D eigenvalue weighted by atomic mass is 19.4. The van der Waals surface area contributed by atoms with Crippen molar-refractivity contribution in [2.45, 2.75) is 19.0 Å². The Morgan fingerprint density at radius 2 is 2.12 bits per heavy atom. The minimum absolute atomic E-state index is 0.185.